The number of hydrogen-bond donors (Lipinski definition) is 0. The summed E-state index contributed by atoms with van der Waals surface area (Å²) < 4.78 is 1.86. The van der Waals surface area contributed by atoms with E-state index in [2.05, 4.69) is 63.9 Å². The summed E-state index contributed by atoms with van der Waals surface area (Å²) in [5, 5.41) is 4.22. The van der Waals surface area contributed by atoms with E-state index < -0.39 is 0 Å². The molecule has 0 aromatic carbocycles. The molecule has 17 heavy (non-hydrogen) atoms. The quantitative estimate of drug-likeness (QED) is 0.696. The summed E-state index contributed by atoms with van der Waals surface area (Å²) in [7, 11) is 0. The average molecular weight is 231 g/mol. The number of rotatable bonds is 0. The lowest BCUT2D eigenvalue weighted by atomic mass is 9.76. The molecule has 0 bridgehead atoms. The minimum atomic E-state index is 0.114. The van der Waals surface area contributed by atoms with Crippen LogP contribution in [-0.2, 0) is 10.8 Å². The highest BCUT2D eigenvalue weighted by atomic mass is 15.3. The Hall–Kier alpha value is -1.38. The first kappa shape index (κ1) is 12.1. The van der Waals surface area contributed by atoms with E-state index in [4.69, 9.17) is 0 Å². The van der Waals surface area contributed by atoms with Gasteiger partial charge in [-0.3, -0.25) is 0 Å². The van der Waals surface area contributed by atoms with Crippen molar-refractivity contribution in [2.45, 2.75) is 52.4 Å². The third-order valence-corrected chi connectivity index (χ3v) is 3.03. The van der Waals surface area contributed by atoms with Gasteiger partial charge in [0.1, 0.15) is 6.33 Å². The van der Waals surface area contributed by atoms with Crippen LogP contribution in [0.15, 0.2) is 18.6 Å². The molecule has 0 atom stereocenters. The fourth-order valence-electron chi connectivity index (χ4n) is 2.08. The van der Waals surface area contributed by atoms with Crippen molar-refractivity contribution in [2.24, 2.45) is 0 Å². The number of aromatic nitrogens is 3. The lowest BCUT2D eigenvalue weighted by Crippen LogP contribution is -2.22. The van der Waals surface area contributed by atoms with Gasteiger partial charge in [0.2, 0.25) is 0 Å². The van der Waals surface area contributed by atoms with Gasteiger partial charge in [0.05, 0.1) is 0 Å². The van der Waals surface area contributed by atoms with Crippen LogP contribution in [0.25, 0.3) is 5.65 Å². The third-order valence-electron chi connectivity index (χ3n) is 3.03. The highest BCUT2D eigenvalue weighted by molar-refractivity contribution is 5.47. The molecule has 0 fully saturated rings. The lowest BCUT2D eigenvalue weighted by molar-refractivity contribution is 0.526. The lowest BCUT2D eigenvalue weighted by Gasteiger charge is -2.29. The second-order valence-corrected chi connectivity index (χ2v) is 6.66. The van der Waals surface area contributed by atoms with E-state index in [1.54, 1.807) is 6.33 Å². The van der Waals surface area contributed by atoms with E-state index >= 15 is 0 Å². The maximum Gasteiger partial charge on any atom is 0.155 e. The summed E-state index contributed by atoms with van der Waals surface area (Å²) >= 11 is 0. The molecule has 0 aliphatic rings. The van der Waals surface area contributed by atoms with Crippen LogP contribution in [0, 0.1) is 0 Å². The molecule has 3 nitrogen and oxygen atoms in total. The highest BCUT2D eigenvalue weighted by Crippen LogP contribution is 2.34. The minimum absolute atomic E-state index is 0.114. The predicted octanol–water partition coefficient (Wildman–Crippen LogP) is 3.32. The zero-order chi connectivity index (χ0) is 12.8. The molecule has 2 rings (SSSR count). The van der Waals surface area contributed by atoms with Gasteiger partial charge in [0, 0.05) is 6.20 Å². The van der Waals surface area contributed by atoms with Crippen LogP contribution in [0.4, 0.5) is 0 Å². The van der Waals surface area contributed by atoms with Gasteiger partial charge in [0.25, 0.3) is 0 Å². The van der Waals surface area contributed by atoms with Crippen molar-refractivity contribution in [3.05, 3.63) is 29.7 Å². The molecule has 0 radical (unpaired) electrons. The van der Waals surface area contributed by atoms with E-state index in [1.165, 1.54) is 11.1 Å². The van der Waals surface area contributed by atoms with Crippen molar-refractivity contribution in [1.29, 1.82) is 0 Å². The first-order valence-corrected chi connectivity index (χ1v) is 6.04. The van der Waals surface area contributed by atoms with Gasteiger partial charge < -0.3 is 0 Å². The van der Waals surface area contributed by atoms with Crippen LogP contribution in [0.3, 0.4) is 0 Å². The summed E-state index contributed by atoms with van der Waals surface area (Å²) in [5.41, 5.74) is 3.84. The summed E-state index contributed by atoms with van der Waals surface area (Å²) in [6, 6.07) is 2.16. The molecule has 2 heterocycles. The van der Waals surface area contributed by atoms with Crippen molar-refractivity contribution in [1.82, 2.24) is 14.6 Å². The van der Waals surface area contributed by atoms with Gasteiger partial charge in [-0.2, -0.15) is 5.10 Å². The van der Waals surface area contributed by atoms with Gasteiger partial charge >= 0.3 is 0 Å². The Balaban J connectivity index is 2.78. The van der Waals surface area contributed by atoms with E-state index in [9.17, 15) is 0 Å². The van der Waals surface area contributed by atoms with Gasteiger partial charge in [0.15, 0.2) is 5.65 Å². The molecule has 2 aromatic rings. The van der Waals surface area contributed by atoms with Crippen molar-refractivity contribution in [3.8, 4) is 0 Å². The van der Waals surface area contributed by atoms with E-state index in [0.29, 0.717) is 0 Å². The van der Waals surface area contributed by atoms with Gasteiger partial charge in [-0.05, 0) is 28.0 Å². The zero-order valence-corrected chi connectivity index (χ0v) is 11.6. The number of hydrogen-bond acceptors (Lipinski definition) is 2. The molecule has 3 heteroatoms. The zero-order valence-electron chi connectivity index (χ0n) is 11.6. The van der Waals surface area contributed by atoms with Crippen molar-refractivity contribution in [2.75, 3.05) is 0 Å². The highest BCUT2D eigenvalue weighted by Gasteiger charge is 2.26. The van der Waals surface area contributed by atoms with Crippen LogP contribution >= 0.6 is 0 Å². The number of fused-ring (bicyclic) bond motifs is 1. The Morgan fingerprint density at radius 3 is 2.06 bits per heavy atom. The summed E-state index contributed by atoms with van der Waals surface area (Å²) in [4.78, 5) is 4.27. The van der Waals surface area contributed by atoms with Crippen LogP contribution < -0.4 is 0 Å². The summed E-state index contributed by atoms with van der Waals surface area (Å²) in [5.74, 6) is 0. The topological polar surface area (TPSA) is 30.2 Å². The monoisotopic (exact) mass is 231 g/mol. The SMILES string of the molecule is CC(C)(C)c1cc2ncnn2cc1C(C)(C)C. The molecule has 0 amide bonds. The summed E-state index contributed by atoms with van der Waals surface area (Å²) in [6.07, 6.45) is 3.72. The van der Waals surface area contributed by atoms with Gasteiger partial charge in [-0.25, -0.2) is 9.50 Å². The Bertz CT molecular complexity index is 491. The second kappa shape index (κ2) is 3.56. The Labute approximate surface area is 103 Å². The Morgan fingerprint density at radius 2 is 1.53 bits per heavy atom. The van der Waals surface area contributed by atoms with Crippen molar-refractivity contribution >= 4 is 5.65 Å². The van der Waals surface area contributed by atoms with Crippen LogP contribution in [0.5, 0.6) is 0 Å². The van der Waals surface area contributed by atoms with E-state index in [-0.39, 0.29) is 10.8 Å². The largest absolute Gasteiger partial charge is 0.221 e. The fourth-order valence-corrected chi connectivity index (χ4v) is 2.08. The Kier molecular flexibility index (Phi) is 2.53. The molecule has 0 aliphatic carbocycles. The Morgan fingerprint density at radius 1 is 0.941 bits per heavy atom. The molecule has 92 valence electrons. The average Bonchev–Trinajstić information content (AvgIpc) is 2.59. The molecule has 0 saturated heterocycles. The maximum atomic E-state index is 4.27. The maximum absolute atomic E-state index is 4.27. The van der Waals surface area contributed by atoms with Crippen molar-refractivity contribution in [3.63, 3.8) is 0 Å². The van der Waals surface area contributed by atoms with E-state index in [1.807, 2.05) is 4.52 Å². The molecule has 0 N–H and O–H groups in total. The first-order valence-electron chi connectivity index (χ1n) is 6.04. The third kappa shape index (κ3) is 2.19. The molecule has 0 unspecified atom stereocenters. The standard InChI is InChI=1S/C14H21N3/c1-13(2,3)10-7-12-15-9-16-17(12)8-11(10)14(4,5)6/h7-9H,1-6H3. The summed E-state index contributed by atoms with van der Waals surface area (Å²) in [6.45, 7) is 13.4. The number of pyridine rings is 1. The molecule has 0 saturated carbocycles. The number of nitrogens with zero attached hydrogens (tertiary/aromatic N) is 3. The smallest absolute Gasteiger partial charge is 0.155 e. The predicted molar refractivity (Wildman–Crippen MR) is 70.4 cm³/mol. The van der Waals surface area contributed by atoms with Crippen LogP contribution in [-0.4, -0.2) is 14.6 Å². The first-order chi connectivity index (χ1) is 7.69. The van der Waals surface area contributed by atoms with Crippen LogP contribution in [0.1, 0.15) is 52.7 Å². The minimum Gasteiger partial charge on any atom is -0.221 e. The molecule has 0 aliphatic heterocycles. The molecular weight excluding hydrogens is 210 g/mol. The fraction of sp³-hybridized carbons (Fsp3) is 0.571. The molecule has 0 spiro atoms. The van der Waals surface area contributed by atoms with Gasteiger partial charge in [-0.1, -0.05) is 41.5 Å². The second-order valence-electron chi connectivity index (χ2n) is 6.66. The van der Waals surface area contributed by atoms with E-state index in [0.717, 1.165) is 5.65 Å². The normalized spacial score (nSPS) is 13.3. The van der Waals surface area contributed by atoms with Gasteiger partial charge in [-0.15, -0.1) is 0 Å². The van der Waals surface area contributed by atoms with Crippen molar-refractivity contribution < 1.29 is 0 Å². The molecule has 2 aromatic heterocycles. The van der Waals surface area contributed by atoms with Crippen LogP contribution in [0.2, 0.25) is 0 Å². The molecular formula is C14H21N3.